The molecule has 1 heterocycles. The average Bonchev–Trinajstić information content (AvgIpc) is 2.94. The summed E-state index contributed by atoms with van der Waals surface area (Å²) in [6, 6.07) is 9.02. The Labute approximate surface area is 175 Å². The molecule has 6 nitrogen and oxygen atoms in total. The number of urea groups is 1. The lowest BCUT2D eigenvalue weighted by Gasteiger charge is -2.14. The van der Waals surface area contributed by atoms with E-state index in [1.807, 2.05) is 0 Å². The van der Waals surface area contributed by atoms with Crippen molar-refractivity contribution in [3.05, 3.63) is 76.2 Å². The summed E-state index contributed by atoms with van der Waals surface area (Å²) in [5.41, 5.74) is 1.45. The normalized spacial score (nSPS) is 14.9. The topological polar surface area (TPSA) is 67.9 Å². The summed E-state index contributed by atoms with van der Waals surface area (Å²) in [6.45, 7) is 3.82. The molecule has 0 saturated carbocycles. The van der Waals surface area contributed by atoms with E-state index in [-0.39, 0.29) is 24.7 Å². The first-order valence-electron chi connectivity index (χ1n) is 8.63. The van der Waals surface area contributed by atoms with Crippen molar-refractivity contribution in [1.29, 1.82) is 0 Å². The number of nitrogens with zero attached hydrogens (tertiary/aromatic N) is 1. The van der Waals surface area contributed by atoms with Crippen molar-refractivity contribution in [2.45, 2.75) is 6.61 Å². The molecule has 0 unspecified atom stereocenters. The van der Waals surface area contributed by atoms with Gasteiger partial charge in [-0.05, 0) is 57.4 Å². The third kappa shape index (κ3) is 4.65. The van der Waals surface area contributed by atoms with Crippen LogP contribution in [-0.2, 0) is 11.4 Å². The highest BCUT2D eigenvalue weighted by Crippen LogP contribution is 2.38. The van der Waals surface area contributed by atoms with Crippen LogP contribution >= 0.6 is 15.9 Å². The summed E-state index contributed by atoms with van der Waals surface area (Å²) >= 11 is 3.44. The molecule has 1 fully saturated rings. The molecule has 1 N–H and O–H groups in total. The Morgan fingerprint density at radius 3 is 2.76 bits per heavy atom. The molecular formula is C21H18BrFN2O4. The monoisotopic (exact) mass is 460 g/mol. The highest BCUT2D eigenvalue weighted by molar-refractivity contribution is 9.10. The van der Waals surface area contributed by atoms with Gasteiger partial charge in [0, 0.05) is 6.54 Å². The Kier molecular flexibility index (Phi) is 6.33. The van der Waals surface area contributed by atoms with Gasteiger partial charge in [-0.2, -0.15) is 0 Å². The molecule has 29 heavy (non-hydrogen) atoms. The van der Waals surface area contributed by atoms with Crippen LogP contribution in [0.15, 0.2) is 59.2 Å². The number of methoxy groups -OCH3 is 1. The summed E-state index contributed by atoms with van der Waals surface area (Å²) in [5, 5.41) is 2.54. The van der Waals surface area contributed by atoms with E-state index in [1.165, 1.54) is 25.3 Å². The highest BCUT2D eigenvalue weighted by Gasteiger charge is 2.32. The number of nitrogens with one attached hydrogen (secondary N) is 1. The lowest BCUT2D eigenvalue weighted by molar-refractivity contribution is -0.122. The van der Waals surface area contributed by atoms with E-state index in [0.717, 1.165) is 4.90 Å². The fourth-order valence-electron chi connectivity index (χ4n) is 2.78. The standard InChI is InChI=1S/C21H18BrFN2O4/c1-3-7-25-20(26)17(24-21(25)27)10-14-9-16(22)19(18(11-14)28-2)29-12-13-5-4-6-15(23)8-13/h3-6,8-11H,1,7,12H2,2H3,(H,24,27)/b17-10+. The van der Waals surface area contributed by atoms with Crippen LogP contribution in [0.4, 0.5) is 9.18 Å². The van der Waals surface area contributed by atoms with Gasteiger partial charge < -0.3 is 14.8 Å². The Morgan fingerprint density at radius 1 is 1.28 bits per heavy atom. The highest BCUT2D eigenvalue weighted by atomic mass is 79.9. The zero-order valence-electron chi connectivity index (χ0n) is 15.6. The van der Waals surface area contributed by atoms with Crippen molar-refractivity contribution >= 4 is 33.9 Å². The van der Waals surface area contributed by atoms with Gasteiger partial charge in [0.15, 0.2) is 11.5 Å². The molecule has 2 aromatic rings. The SMILES string of the molecule is C=CCN1C(=O)N/C(=C/c2cc(Br)c(OCc3cccc(F)c3)c(OC)c2)C1=O. The van der Waals surface area contributed by atoms with Crippen LogP contribution in [0.2, 0.25) is 0 Å². The van der Waals surface area contributed by atoms with E-state index in [4.69, 9.17) is 9.47 Å². The Hall–Kier alpha value is -3.13. The molecule has 1 saturated heterocycles. The van der Waals surface area contributed by atoms with Crippen molar-refractivity contribution in [1.82, 2.24) is 10.2 Å². The van der Waals surface area contributed by atoms with Gasteiger partial charge in [0.2, 0.25) is 0 Å². The number of hydrogen-bond donors (Lipinski definition) is 1. The van der Waals surface area contributed by atoms with E-state index in [9.17, 15) is 14.0 Å². The number of rotatable bonds is 7. The van der Waals surface area contributed by atoms with Crippen LogP contribution in [0.25, 0.3) is 6.08 Å². The van der Waals surface area contributed by atoms with Gasteiger partial charge in [-0.25, -0.2) is 9.18 Å². The molecule has 3 rings (SSSR count). The van der Waals surface area contributed by atoms with Crippen molar-refractivity contribution in [2.75, 3.05) is 13.7 Å². The van der Waals surface area contributed by atoms with Crippen LogP contribution in [0.1, 0.15) is 11.1 Å². The van der Waals surface area contributed by atoms with Crippen molar-refractivity contribution < 1.29 is 23.5 Å². The van der Waals surface area contributed by atoms with Gasteiger partial charge in [0.05, 0.1) is 11.6 Å². The largest absolute Gasteiger partial charge is 0.493 e. The molecule has 0 bridgehead atoms. The minimum Gasteiger partial charge on any atom is -0.493 e. The Bertz CT molecular complexity index is 1010. The molecule has 150 valence electrons. The molecule has 2 aromatic carbocycles. The number of imide groups is 1. The predicted octanol–water partition coefficient (Wildman–Crippen LogP) is 4.25. The van der Waals surface area contributed by atoms with Crippen LogP contribution in [-0.4, -0.2) is 30.5 Å². The fraction of sp³-hybridized carbons (Fsp3) is 0.143. The number of carbonyl (C=O) groups excluding carboxylic acids is 2. The molecule has 1 aliphatic rings. The number of hydrogen-bond acceptors (Lipinski definition) is 4. The van der Waals surface area contributed by atoms with Gasteiger partial charge in [-0.3, -0.25) is 9.69 Å². The lowest BCUT2D eigenvalue weighted by Crippen LogP contribution is -2.30. The van der Waals surface area contributed by atoms with Crippen LogP contribution in [0.3, 0.4) is 0 Å². The molecule has 0 spiro atoms. The summed E-state index contributed by atoms with van der Waals surface area (Å²) < 4.78 is 25.1. The average molecular weight is 461 g/mol. The van der Waals surface area contributed by atoms with Crippen LogP contribution in [0, 0.1) is 5.82 Å². The smallest absolute Gasteiger partial charge is 0.329 e. The Morgan fingerprint density at radius 2 is 2.07 bits per heavy atom. The van der Waals surface area contributed by atoms with E-state index in [1.54, 1.807) is 30.3 Å². The van der Waals surface area contributed by atoms with E-state index < -0.39 is 11.9 Å². The molecule has 1 aliphatic heterocycles. The molecule has 0 aliphatic carbocycles. The number of halogens is 2. The quantitative estimate of drug-likeness (QED) is 0.380. The van der Waals surface area contributed by atoms with Crippen molar-refractivity contribution in [2.24, 2.45) is 0 Å². The van der Waals surface area contributed by atoms with Crippen molar-refractivity contribution in [3.8, 4) is 11.5 Å². The number of ether oxygens (including phenoxy) is 2. The van der Waals surface area contributed by atoms with E-state index in [0.29, 0.717) is 27.1 Å². The minimum absolute atomic E-state index is 0.127. The van der Waals surface area contributed by atoms with Crippen molar-refractivity contribution in [3.63, 3.8) is 0 Å². The summed E-state index contributed by atoms with van der Waals surface area (Å²) in [4.78, 5) is 25.3. The summed E-state index contributed by atoms with van der Waals surface area (Å²) in [5.74, 6) is 0.0839. The van der Waals surface area contributed by atoms with Gasteiger partial charge in [-0.15, -0.1) is 6.58 Å². The zero-order valence-corrected chi connectivity index (χ0v) is 17.2. The number of carbonyl (C=O) groups is 2. The first-order valence-corrected chi connectivity index (χ1v) is 9.42. The number of amides is 3. The van der Waals surface area contributed by atoms with E-state index in [2.05, 4.69) is 27.8 Å². The molecule has 0 radical (unpaired) electrons. The maximum atomic E-state index is 13.3. The molecule has 0 aromatic heterocycles. The van der Waals surface area contributed by atoms with E-state index >= 15 is 0 Å². The van der Waals surface area contributed by atoms with Gasteiger partial charge in [0.1, 0.15) is 18.1 Å². The summed E-state index contributed by atoms with van der Waals surface area (Å²) in [7, 11) is 1.49. The fourth-order valence-corrected chi connectivity index (χ4v) is 3.35. The minimum atomic E-state index is -0.498. The molecular weight excluding hydrogens is 443 g/mol. The molecule has 3 amide bonds. The van der Waals surface area contributed by atoms with Gasteiger partial charge >= 0.3 is 6.03 Å². The second-order valence-corrected chi connectivity index (χ2v) is 7.00. The second-order valence-electron chi connectivity index (χ2n) is 6.15. The number of benzene rings is 2. The summed E-state index contributed by atoms with van der Waals surface area (Å²) in [6.07, 6.45) is 3.03. The third-order valence-corrected chi connectivity index (χ3v) is 4.70. The maximum Gasteiger partial charge on any atom is 0.329 e. The first-order chi connectivity index (χ1) is 13.9. The van der Waals surface area contributed by atoms with Gasteiger partial charge in [0.25, 0.3) is 5.91 Å². The zero-order chi connectivity index (χ0) is 21.0. The third-order valence-electron chi connectivity index (χ3n) is 4.11. The molecule has 0 atom stereocenters. The van der Waals surface area contributed by atoms with Crippen LogP contribution < -0.4 is 14.8 Å². The predicted molar refractivity (Wildman–Crippen MR) is 110 cm³/mol. The molecule has 8 heteroatoms. The van der Waals surface area contributed by atoms with Crippen LogP contribution in [0.5, 0.6) is 11.5 Å². The second kappa shape index (κ2) is 8.91. The maximum absolute atomic E-state index is 13.3. The Balaban J connectivity index is 1.84. The first kappa shape index (κ1) is 20.6. The lowest BCUT2D eigenvalue weighted by atomic mass is 10.1. The van der Waals surface area contributed by atoms with Gasteiger partial charge in [-0.1, -0.05) is 18.2 Å².